The monoisotopic (exact) mass is 884 g/mol. The fraction of sp³-hybridized carbons (Fsp3) is 1.00. The minimum Gasteiger partial charge on any atom is -0.0721 e. The fourth-order valence-electron chi connectivity index (χ4n) is 10.1. The Morgan fingerprint density at radius 2 is 0.244 bits per heavy atom. The molecule has 0 rings (SSSR count). The molecule has 0 aromatic carbocycles. The van der Waals surface area contributed by atoms with Crippen molar-refractivity contribution in [3.05, 3.63) is 0 Å². The molecule has 0 aromatic rings. The van der Waals surface area contributed by atoms with E-state index in [0.717, 1.165) is 0 Å². The Balaban J connectivity index is -0.000000154. The van der Waals surface area contributed by atoms with Crippen LogP contribution in [0.4, 0.5) is 0 Å². The summed E-state index contributed by atoms with van der Waals surface area (Å²) < 4.78 is 0. The van der Waals surface area contributed by atoms with Crippen molar-refractivity contribution in [2.24, 2.45) is 0 Å². The first-order valence-electron chi connectivity index (χ1n) is 15.8. The molecule has 0 atom stereocenters. The van der Waals surface area contributed by atoms with Crippen molar-refractivity contribution in [2.75, 3.05) is 0 Å². The third kappa shape index (κ3) is 23.4. The minimum atomic E-state index is -0.832. The van der Waals surface area contributed by atoms with Crippen molar-refractivity contribution in [2.45, 2.75) is 177 Å². The van der Waals surface area contributed by atoms with E-state index in [1.54, 1.807) is 0 Å². The van der Waals surface area contributed by atoms with E-state index < -0.39 is 68.3 Å². The molecule has 0 aliphatic rings. The van der Waals surface area contributed by atoms with Crippen LogP contribution in [0.1, 0.15) is 0 Å². The molecule has 0 unspecified atom stereocenters. The van der Waals surface area contributed by atoms with Crippen LogP contribution in [-0.2, 0) is 0 Å². The minimum absolute atomic E-state index is 0. The molecule has 242 valence electrons. The standard InChI is InChI=1S/3C9H27Si4.Na.Sn/c3*1-11(2,3)10(12(4,5)6)13(7,8)9;;/h3*1-9H3;;. The van der Waals surface area contributed by atoms with Gasteiger partial charge in [0.05, 0.1) is 0 Å². The third-order valence-corrected chi connectivity index (χ3v) is 182. The van der Waals surface area contributed by atoms with E-state index in [0.29, 0.717) is 0 Å². The Kier molecular flexibility index (Phi) is 24.6. The average Bonchev–Trinajstić information content (AvgIpc) is 2.29. The van der Waals surface area contributed by atoms with Crippen LogP contribution in [0.25, 0.3) is 0 Å². The largest absolute Gasteiger partial charge is 0.0721 e. The van der Waals surface area contributed by atoms with E-state index in [-0.39, 0.29) is 75.5 Å². The maximum absolute atomic E-state index is 2.61. The molecular weight excluding hydrogens is 803 g/mol. The molecule has 0 saturated heterocycles. The van der Waals surface area contributed by atoms with Crippen molar-refractivity contribution in [1.29, 1.82) is 0 Å². The summed E-state index contributed by atoms with van der Waals surface area (Å²) in [4.78, 5) is 0. The molecule has 0 aromatic heterocycles. The molecule has 14 heteroatoms. The fourth-order valence-corrected chi connectivity index (χ4v) is 273. The van der Waals surface area contributed by atoms with E-state index in [1.165, 1.54) is 0 Å². The topological polar surface area (TPSA) is 0 Å². The van der Waals surface area contributed by atoms with Crippen LogP contribution in [-0.4, -0.2) is 144 Å². The zero-order chi connectivity index (χ0) is 33.2. The summed E-state index contributed by atoms with van der Waals surface area (Å²) in [5, 5.41) is 0. The predicted molar refractivity (Wildman–Crippen MR) is 239 cm³/mol. The van der Waals surface area contributed by atoms with E-state index in [9.17, 15) is 0 Å². The first kappa shape index (κ1) is 54.8. The van der Waals surface area contributed by atoms with Gasteiger partial charge in [0.2, 0.25) is 0 Å². The zero-order valence-corrected chi connectivity index (χ0v) is 51.4. The first-order valence-corrected chi connectivity index (χ1v) is 60.8. The van der Waals surface area contributed by atoms with Gasteiger partial charge in [-0.2, -0.15) is 0 Å². The zero-order valence-electron chi connectivity index (χ0n) is 34.5. The second-order valence-corrected chi connectivity index (χ2v) is 132. The number of hydrogen-bond donors (Lipinski definition) is 0. The predicted octanol–water partition coefficient (Wildman–Crippen LogP) is 10.4. The van der Waals surface area contributed by atoms with Crippen molar-refractivity contribution in [3.8, 4) is 0 Å². The summed E-state index contributed by atoms with van der Waals surface area (Å²) in [7, 11) is -7.41. The normalized spacial score (nSPS) is 14.5. The SMILES string of the molecule is C[Si](C)(C)[Si]([Si](C)(C)C)[Si](C)(C)C.C[Si](C)(C)[Si]([Si](C)(C)C)[Si](C)(C)C.C[Si](C)(C)[Si]([Si](C)(C)C)[Si](C)(C)C.[Na].[Sn]. The van der Waals surface area contributed by atoms with Crippen LogP contribution in [0, 0.1) is 0 Å². The Morgan fingerprint density at radius 3 is 0.244 bits per heavy atom. The molecule has 0 bridgehead atoms. The number of rotatable bonds is 9. The molecule has 8 radical (unpaired) electrons. The Hall–Kier alpha value is 4.40. The molecule has 0 nitrogen and oxygen atoms in total. The Morgan fingerprint density at radius 1 is 0.195 bits per heavy atom. The Labute approximate surface area is 316 Å². The van der Waals surface area contributed by atoms with Crippen LogP contribution >= 0.6 is 0 Å². The molecule has 0 saturated carbocycles. The maximum Gasteiger partial charge on any atom is 0.0306 e. The smallest absolute Gasteiger partial charge is 0.0306 e. The van der Waals surface area contributed by atoms with E-state index in [1.807, 2.05) is 0 Å². The van der Waals surface area contributed by atoms with Crippen LogP contribution < -0.4 is 0 Å². The van der Waals surface area contributed by atoms with Gasteiger partial charge in [0, 0.05) is 144 Å². The van der Waals surface area contributed by atoms with Gasteiger partial charge in [-0.1, -0.05) is 177 Å². The molecule has 0 amide bonds. The summed E-state index contributed by atoms with van der Waals surface area (Å²) in [6.45, 7) is 70.4. The van der Waals surface area contributed by atoms with Crippen LogP contribution in [0.5, 0.6) is 0 Å². The van der Waals surface area contributed by atoms with Gasteiger partial charge in [-0.05, 0) is 0 Å². The van der Waals surface area contributed by atoms with E-state index in [4.69, 9.17) is 0 Å². The summed E-state index contributed by atoms with van der Waals surface area (Å²) in [6, 6.07) is 0. The van der Waals surface area contributed by atoms with Crippen LogP contribution in [0.15, 0.2) is 0 Å². The van der Waals surface area contributed by atoms with Gasteiger partial charge >= 0.3 is 0 Å². The number of hydrogen-bond acceptors (Lipinski definition) is 0. The van der Waals surface area contributed by atoms with Crippen molar-refractivity contribution in [1.82, 2.24) is 0 Å². The molecule has 0 heterocycles. The van der Waals surface area contributed by atoms with Gasteiger partial charge in [-0.25, -0.2) is 0 Å². The van der Waals surface area contributed by atoms with Gasteiger partial charge in [0.15, 0.2) is 0 Å². The van der Waals surface area contributed by atoms with Gasteiger partial charge < -0.3 is 0 Å². The summed E-state index contributed by atoms with van der Waals surface area (Å²) in [6.07, 6.45) is 0. The van der Waals surface area contributed by atoms with E-state index >= 15 is 0 Å². The van der Waals surface area contributed by atoms with Crippen molar-refractivity contribution < 1.29 is 0 Å². The molecule has 0 spiro atoms. The molecule has 41 heavy (non-hydrogen) atoms. The van der Waals surface area contributed by atoms with Gasteiger partial charge in [0.25, 0.3) is 0 Å². The summed E-state index contributed by atoms with van der Waals surface area (Å²) in [5.41, 5.74) is 0. The van der Waals surface area contributed by atoms with Crippen molar-refractivity contribution in [3.63, 3.8) is 0 Å². The van der Waals surface area contributed by atoms with Gasteiger partial charge in [-0.3, -0.25) is 0 Å². The molecule has 0 aliphatic carbocycles. The van der Waals surface area contributed by atoms with Crippen LogP contribution in [0.3, 0.4) is 0 Å². The molecule has 0 fully saturated rings. The third-order valence-electron chi connectivity index (χ3n) is 6.75. The molecule has 0 N–H and O–H groups in total. The summed E-state index contributed by atoms with van der Waals surface area (Å²) in [5.74, 6) is 0. The molecule has 0 aliphatic heterocycles. The Bertz CT molecular complexity index is 516. The van der Waals surface area contributed by atoms with Gasteiger partial charge in [-0.15, -0.1) is 0 Å². The molecular formula is C27H81NaSi12Sn. The average molecular weight is 885 g/mol. The maximum atomic E-state index is 2.61. The second kappa shape index (κ2) is 18.4. The van der Waals surface area contributed by atoms with Crippen LogP contribution in [0.2, 0.25) is 177 Å². The summed E-state index contributed by atoms with van der Waals surface area (Å²) >= 11 is 0. The van der Waals surface area contributed by atoms with Crippen molar-refractivity contribution >= 4 is 144 Å². The second-order valence-electron chi connectivity index (χ2n) is 21.4. The first-order chi connectivity index (χ1) is 16.1. The van der Waals surface area contributed by atoms with Gasteiger partial charge in [0.1, 0.15) is 0 Å². The van der Waals surface area contributed by atoms with E-state index in [2.05, 4.69) is 177 Å². The quantitative estimate of drug-likeness (QED) is 0.203.